The summed E-state index contributed by atoms with van der Waals surface area (Å²) in [5.41, 5.74) is 4.18. The Bertz CT molecular complexity index is 1190. The molecule has 0 spiro atoms. The molecule has 0 unspecified atom stereocenters. The average molecular weight is 487 g/mol. The third-order valence-corrected chi connectivity index (χ3v) is 6.00. The zero-order chi connectivity index (χ0) is 26.3. The summed E-state index contributed by atoms with van der Waals surface area (Å²) in [6.07, 6.45) is 0.735. The monoisotopic (exact) mass is 486 g/mol. The maximum absolute atomic E-state index is 12.8. The summed E-state index contributed by atoms with van der Waals surface area (Å²) < 4.78 is 5.97. The molecule has 2 N–H and O–H groups in total. The number of anilines is 1. The van der Waals surface area contributed by atoms with Gasteiger partial charge >= 0.3 is 0 Å². The van der Waals surface area contributed by atoms with Crippen LogP contribution in [-0.4, -0.2) is 25.0 Å². The molecule has 0 saturated carbocycles. The summed E-state index contributed by atoms with van der Waals surface area (Å²) in [5, 5.41) is 5.78. The number of rotatable bonds is 8. The number of amides is 2. The van der Waals surface area contributed by atoms with Crippen molar-refractivity contribution in [2.24, 2.45) is 0 Å². The van der Waals surface area contributed by atoms with E-state index in [-0.39, 0.29) is 29.3 Å². The Hall–Kier alpha value is -3.60. The van der Waals surface area contributed by atoms with Crippen molar-refractivity contribution in [3.63, 3.8) is 0 Å². The van der Waals surface area contributed by atoms with Crippen molar-refractivity contribution < 1.29 is 14.3 Å². The van der Waals surface area contributed by atoms with Crippen LogP contribution in [-0.2, 0) is 22.0 Å². The molecule has 0 heterocycles. The van der Waals surface area contributed by atoms with Gasteiger partial charge in [0.05, 0.1) is 11.3 Å². The Kier molecular flexibility index (Phi) is 8.57. The van der Waals surface area contributed by atoms with E-state index in [1.807, 2.05) is 36.4 Å². The van der Waals surface area contributed by atoms with Crippen LogP contribution in [0.5, 0.6) is 5.75 Å². The summed E-state index contributed by atoms with van der Waals surface area (Å²) in [7, 11) is 0. The highest BCUT2D eigenvalue weighted by molar-refractivity contribution is 6.04. The van der Waals surface area contributed by atoms with Crippen molar-refractivity contribution in [1.82, 2.24) is 5.32 Å². The maximum atomic E-state index is 12.8. The predicted molar refractivity (Wildman–Crippen MR) is 147 cm³/mol. The van der Waals surface area contributed by atoms with E-state index in [9.17, 15) is 9.59 Å². The first-order chi connectivity index (χ1) is 16.9. The van der Waals surface area contributed by atoms with E-state index in [4.69, 9.17) is 4.74 Å². The highest BCUT2D eigenvalue weighted by Crippen LogP contribution is 2.35. The second-order valence-corrected chi connectivity index (χ2v) is 11.1. The molecule has 0 aliphatic rings. The van der Waals surface area contributed by atoms with E-state index in [2.05, 4.69) is 64.3 Å². The Morgan fingerprint density at radius 3 is 2.14 bits per heavy atom. The molecule has 3 aromatic rings. The van der Waals surface area contributed by atoms with Gasteiger partial charge in [-0.1, -0.05) is 96.1 Å². The second-order valence-electron chi connectivity index (χ2n) is 11.1. The van der Waals surface area contributed by atoms with Gasteiger partial charge in [0.2, 0.25) is 0 Å². The van der Waals surface area contributed by atoms with E-state index < -0.39 is 0 Å². The fourth-order valence-electron chi connectivity index (χ4n) is 3.89. The number of ether oxygens (including phenoxy) is 1. The number of hydrogen-bond acceptors (Lipinski definition) is 3. The van der Waals surface area contributed by atoms with Gasteiger partial charge in [-0.25, -0.2) is 0 Å². The summed E-state index contributed by atoms with van der Waals surface area (Å²) in [6, 6.07) is 23.2. The van der Waals surface area contributed by atoms with E-state index in [0.29, 0.717) is 23.5 Å². The molecular formula is C31H38N2O3. The molecule has 5 heteroatoms. The molecule has 0 aliphatic carbocycles. The van der Waals surface area contributed by atoms with Crippen molar-refractivity contribution in [3.8, 4) is 5.75 Å². The minimum Gasteiger partial charge on any atom is -0.483 e. The molecule has 5 nitrogen and oxygen atoms in total. The molecule has 0 aliphatic heterocycles. The lowest BCUT2D eigenvalue weighted by Crippen LogP contribution is -2.28. The van der Waals surface area contributed by atoms with Crippen LogP contribution < -0.4 is 15.4 Å². The fraction of sp³-hybridized carbons (Fsp3) is 0.355. The molecule has 0 atom stereocenters. The Morgan fingerprint density at radius 2 is 1.47 bits per heavy atom. The van der Waals surface area contributed by atoms with Crippen molar-refractivity contribution in [1.29, 1.82) is 0 Å². The van der Waals surface area contributed by atoms with Gasteiger partial charge in [0.15, 0.2) is 6.61 Å². The second kappa shape index (κ2) is 11.4. The van der Waals surface area contributed by atoms with E-state index in [0.717, 1.165) is 17.5 Å². The van der Waals surface area contributed by atoms with Gasteiger partial charge in [-0.15, -0.1) is 0 Å². The molecule has 2 amide bonds. The lowest BCUT2D eigenvalue weighted by atomic mass is 9.80. The van der Waals surface area contributed by atoms with Crippen molar-refractivity contribution >= 4 is 17.5 Å². The van der Waals surface area contributed by atoms with Gasteiger partial charge in [-0.05, 0) is 52.1 Å². The van der Waals surface area contributed by atoms with Crippen LogP contribution in [0.2, 0.25) is 0 Å². The number of hydrogen-bond donors (Lipinski definition) is 2. The molecule has 0 saturated heterocycles. The van der Waals surface area contributed by atoms with Crippen molar-refractivity contribution in [2.75, 3.05) is 18.5 Å². The van der Waals surface area contributed by atoms with Gasteiger partial charge < -0.3 is 15.4 Å². The van der Waals surface area contributed by atoms with Gasteiger partial charge in [0.25, 0.3) is 11.8 Å². The van der Waals surface area contributed by atoms with Gasteiger partial charge in [0, 0.05) is 6.54 Å². The number of benzene rings is 3. The Labute approximate surface area is 215 Å². The molecule has 36 heavy (non-hydrogen) atoms. The van der Waals surface area contributed by atoms with Gasteiger partial charge in [-0.3, -0.25) is 9.59 Å². The Morgan fingerprint density at radius 1 is 0.806 bits per heavy atom. The van der Waals surface area contributed by atoms with Crippen LogP contribution in [0, 0.1) is 0 Å². The topological polar surface area (TPSA) is 67.4 Å². The zero-order valence-electron chi connectivity index (χ0n) is 22.3. The van der Waals surface area contributed by atoms with Crippen molar-refractivity contribution in [2.45, 2.75) is 58.8 Å². The van der Waals surface area contributed by atoms with E-state index in [1.165, 1.54) is 5.56 Å². The molecule has 3 rings (SSSR count). The summed E-state index contributed by atoms with van der Waals surface area (Å²) in [6.45, 7) is 13.3. The Balaban J connectivity index is 1.64. The molecule has 0 fully saturated rings. The first-order valence-corrected chi connectivity index (χ1v) is 12.4. The number of nitrogens with one attached hydrogen (secondary N) is 2. The lowest BCUT2D eigenvalue weighted by Gasteiger charge is -2.27. The quantitative estimate of drug-likeness (QED) is 0.394. The third-order valence-electron chi connectivity index (χ3n) is 6.00. The van der Waals surface area contributed by atoms with Crippen LogP contribution >= 0.6 is 0 Å². The average Bonchev–Trinajstić information content (AvgIpc) is 2.82. The standard InChI is InChI=1S/C31H38N2O3/c1-30(2,3)23-16-17-27(25(20-23)31(4,5)6)36-21-28(34)33-26-15-11-10-14-24(26)29(35)32-19-18-22-12-8-7-9-13-22/h7-17,20H,18-19,21H2,1-6H3,(H,32,35)(H,33,34). The van der Waals surface area contributed by atoms with Crippen molar-refractivity contribution in [3.05, 3.63) is 95.1 Å². The number of carbonyl (C=O) groups is 2. The SMILES string of the molecule is CC(C)(C)c1ccc(OCC(=O)Nc2ccccc2C(=O)NCCc2ccccc2)c(C(C)(C)C)c1. The van der Waals surface area contributed by atoms with Gasteiger partial charge in [0.1, 0.15) is 5.75 Å². The van der Waals surface area contributed by atoms with E-state index >= 15 is 0 Å². The number of carbonyl (C=O) groups excluding carboxylic acids is 2. The lowest BCUT2D eigenvalue weighted by molar-refractivity contribution is -0.118. The summed E-state index contributed by atoms with van der Waals surface area (Å²) in [4.78, 5) is 25.6. The molecule has 3 aromatic carbocycles. The molecular weight excluding hydrogens is 448 g/mol. The van der Waals surface area contributed by atoms with Crippen LogP contribution in [0.15, 0.2) is 72.8 Å². The minimum absolute atomic E-state index is 0.0152. The highest BCUT2D eigenvalue weighted by atomic mass is 16.5. The molecule has 0 radical (unpaired) electrons. The normalized spacial score (nSPS) is 11.6. The fourth-order valence-corrected chi connectivity index (χ4v) is 3.89. The van der Waals surface area contributed by atoms with Crippen LogP contribution in [0.25, 0.3) is 0 Å². The summed E-state index contributed by atoms with van der Waals surface area (Å²) in [5.74, 6) is 0.146. The van der Waals surface area contributed by atoms with Crippen LogP contribution in [0.4, 0.5) is 5.69 Å². The first kappa shape index (κ1) is 27.0. The van der Waals surface area contributed by atoms with Crippen LogP contribution in [0.3, 0.4) is 0 Å². The van der Waals surface area contributed by atoms with Gasteiger partial charge in [-0.2, -0.15) is 0 Å². The largest absolute Gasteiger partial charge is 0.483 e. The zero-order valence-corrected chi connectivity index (χ0v) is 22.3. The highest BCUT2D eigenvalue weighted by Gasteiger charge is 2.23. The smallest absolute Gasteiger partial charge is 0.262 e. The minimum atomic E-state index is -0.320. The molecule has 0 bridgehead atoms. The molecule has 0 aromatic heterocycles. The van der Waals surface area contributed by atoms with Crippen LogP contribution in [0.1, 0.15) is 68.6 Å². The third kappa shape index (κ3) is 7.45. The number of para-hydroxylation sites is 1. The first-order valence-electron chi connectivity index (χ1n) is 12.4. The summed E-state index contributed by atoms with van der Waals surface area (Å²) >= 11 is 0. The molecule has 190 valence electrons. The predicted octanol–water partition coefficient (Wildman–Crippen LogP) is 6.27. The van der Waals surface area contributed by atoms with E-state index in [1.54, 1.807) is 24.3 Å². The maximum Gasteiger partial charge on any atom is 0.262 e.